The molecule has 8 nitrogen and oxygen atoms in total. The van der Waals surface area contributed by atoms with Gasteiger partial charge in [-0.25, -0.2) is 9.67 Å². The zero-order valence-corrected chi connectivity index (χ0v) is 19.1. The van der Waals surface area contributed by atoms with Crippen molar-refractivity contribution >= 4 is 40.3 Å². The molecule has 0 unspecified atom stereocenters. The lowest BCUT2D eigenvalue weighted by molar-refractivity contribution is 0.0711. The van der Waals surface area contributed by atoms with Crippen LogP contribution in [0.15, 0.2) is 53.3 Å². The second-order valence-electron chi connectivity index (χ2n) is 8.07. The summed E-state index contributed by atoms with van der Waals surface area (Å²) in [5.74, 6) is 0.609. The summed E-state index contributed by atoms with van der Waals surface area (Å²) >= 11 is 12.0. The van der Waals surface area contributed by atoms with Crippen molar-refractivity contribution < 1.29 is 4.79 Å². The number of hydrogen-bond acceptors (Lipinski definition) is 5. The maximum Gasteiger partial charge on any atom is 0.281 e. The molecule has 0 saturated carbocycles. The Hall–Kier alpha value is -3.23. The van der Waals surface area contributed by atoms with Gasteiger partial charge in [-0.1, -0.05) is 40.5 Å². The molecule has 0 atom stereocenters. The highest BCUT2D eigenvalue weighted by molar-refractivity contribution is 6.30. The number of carbonyl (C=O) groups excluding carboxylic acids is 1. The molecule has 0 bridgehead atoms. The molecule has 168 valence electrons. The second-order valence-corrected chi connectivity index (χ2v) is 8.95. The molecule has 4 aromatic rings. The summed E-state index contributed by atoms with van der Waals surface area (Å²) in [6, 6.07) is 14.3. The smallest absolute Gasteiger partial charge is 0.281 e. The number of fused-ring (bicyclic) bond motifs is 1. The summed E-state index contributed by atoms with van der Waals surface area (Å²) in [5.41, 5.74) is 1.88. The average Bonchev–Trinajstić information content (AvgIpc) is 3.22. The molecule has 1 amide bonds. The van der Waals surface area contributed by atoms with Crippen LogP contribution in [0.2, 0.25) is 10.0 Å². The van der Waals surface area contributed by atoms with Gasteiger partial charge in [0.1, 0.15) is 5.82 Å². The predicted molar refractivity (Wildman–Crippen MR) is 126 cm³/mol. The minimum absolute atomic E-state index is 0.0224. The molecule has 0 aliphatic carbocycles. The molecule has 0 radical (unpaired) electrons. The first-order chi connectivity index (χ1) is 16.0. The van der Waals surface area contributed by atoms with Gasteiger partial charge in [0.15, 0.2) is 11.2 Å². The molecule has 5 rings (SSSR count). The first-order valence-electron chi connectivity index (χ1n) is 10.6. The van der Waals surface area contributed by atoms with Crippen molar-refractivity contribution in [1.29, 1.82) is 0 Å². The summed E-state index contributed by atoms with van der Waals surface area (Å²) in [6.07, 6.45) is 1.40. The third-order valence-corrected chi connectivity index (χ3v) is 6.36. The number of likely N-dealkylation sites (tertiary alicyclic amines) is 1. The first kappa shape index (κ1) is 21.6. The zero-order chi connectivity index (χ0) is 22.9. The fraction of sp³-hybridized carbons (Fsp3) is 0.261. The van der Waals surface area contributed by atoms with Crippen LogP contribution in [-0.2, 0) is 6.54 Å². The fourth-order valence-electron chi connectivity index (χ4n) is 4.12. The lowest BCUT2D eigenvalue weighted by Gasteiger charge is -2.31. The number of H-pyrrole nitrogens is 1. The molecule has 1 saturated heterocycles. The lowest BCUT2D eigenvalue weighted by Crippen LogP contribution is -2.38. The van der Waals surface area contributed by atoms with Gasteiger partial charge in [-0.3, -0.25) is 9.59 Å². The van der Waals surface area contributed by atoms with E-state index in [1.807, 2.05) is 23.1 Å². The van der Waals surface area contributed by atoms with Crippen LogP contribution in [0, 0.1) is 0 Å². The van der Waals surface area contributed by atoms with E-state index in [1.54, 1.807) is 35.0 Å². The fourth-order valence-corrected chi connectivity index (χ4v) is 4.46. The molecule has 2 aromatic carbocycles. The third-order valence-electron chi connectivity index (χ3n) is 5.87. The van der Waals surface area contributed by atoms with Crippen molar-refractivity contribution in [3.05, 3.63) is 85.9 Å². The van der Waals surface area contributed by atoms with Gasteiger partial charge in [-0.2, -0.15) is 0 Å². The van der Waals surface area contributed by atoms with Gasteiger partial charge in [0.2, 0.25) is 0 Å². The van der Waals surface area contributed by atoms with Gasteiger partial charge < -0.3 is 9.88 Å². The van der Waals surface area contributed by atoms with E-state index >= 15 is 0 Å². The number of carbonyl (C=O) groups is 1. The molecule has 3 heterocycles. The maximum absolute atomic E-state index is 12.8. The largest absolute Gasteiger partial charge is 0.339 e. The van der Waals surface area contributed by atoms with Crippen LogP contribution in [0.3, 0.4) is 0 Å². The van der Waals surface area contributed by atoms with Crippen molar-refractivity contribution in [2.24, 2.45) is 0 Å². The predicted octanol–water partition coefficient (Wildman–Crippen LogP) is 3.89. The Bertz CT molecular complexity index is 1370. The van der Waals surface area contributed by atoms with E-state index < -0.39 is 0 Å². The Kier molecular flexibility index (Phi) is 5.86. The summed E-state index contributed by atoms with van der Waals surface area (Å²) in [7, 11) is 0. The quantitative estimate of drug-likeness (QED) is 0.475. The highest BCUT2D eigenvalue weighted by Crippen LogP contribution is 2.27. The van der Waals surface area contributed by atoms with Crippen LogP contribution in [-0.4, -0.2) is 48.9 Å². The van der Waals surface area contributed by atoms with E-state index in [2.05, 4.69) is 15.3 Å². The summed E-state index contributed by atoms with van der Waals surface area (Å²) in [6.45, 7) is 1.56. The Morgan fingerprint density at radius 1 is 1.06 bits per heavy atom. The zero-order valence-electron chi connectivity index (χ0n) is 17.5. The van der Waals surface area contributed by atoms with Gasteiger partial charge in [-0.05, 0) is 54.8 Å². The van der Waals surface area contributed by atoms with Crippen LogP contribution in [0.5, 0.6) is 0 Å². The number of rotatable bonds is 4. The molecule has 1 aliphatic heterocycles. The van der Waals surface area contributed by atoms with Crippen LogP contribution < -0.4 is 5.56 Å². The van der Waals surface area contributed by atoms with Crippen LogP contribution in [0.1, 0.15) is 40.5 Å². The number of nitrogens with zero attached hydrogens (tertiary/aromatic N) is 5. The lowest BCUT2D eigenvalue weighted by atomic mass is 9.95. The molecular formula is C23H20Cl2N6O2. The van der Waals surface area contributed by atoms with Crippen molar-refractivity contribution in [3.8, 4) is 0 Å². The van der Waals surface area contributed by atoms with E-state index in [9.17, 15) is 9.59 Å². The normalized spacial score (nSPS) is 14.7. The number of nitrogens with one attached hydrogen (secondary N) is 1. The molecule has 1 aliphatic rings. The minimum Gasteiger partial charge on any atom is -0.339 e. The average molecular weight is 483 g/mol. The number of aromatic nitrogens is 5. The number of benzene rings is 2. The van der Waals surface area contributed by atoms with E-state index in [1.165, 1.54) is 0 Å². The van der Waals surface area contributed by atoms with Gasteiger partial charge >= 0.3 is 0 Å². The van der Waals surface area contributed by atoms with Gasteiger partial charge in [0, 0.05) is 34.6 Å². The Morgan fingerprint density at radius 2 is 1.82 bits per heavy atom. The number of halogens is 2. The molecule has 0 spiro atoms. The van der Waals surface area contributed by atoms with Crippen LogP contribution in [0.25, 0.3) is 11.2 Å². The first-order valence-corrected chi connectivity index (χ1v) is 11.4. The van der Waals surface area contributed by atoms with Gasteiger partial charge in [-0.15, -0.1) is 5.10 Å². The van der Waals surface area contributed by atoms with E-state index in [4.69, 9.17) is 28.2 Å². The van der Waals surface area contributed by atoms with Gasteiger partial charge in [0.25, 0.3) is 11.5 Å². The Morgan fingerprint density at radius 3 is 2.55 bits per heavy atom. The SMILES string of the molecule is O=C(c1ccc(Cl)cc1)N1CCC(c2nc3c(nnn3Cc3cccc(Cl)c3)c(=O)[nH]2)CC1. The van der Waals surface area contributed by atoms with Crippen molar-refractivity contribution in [1.82, 2.24) is 29.9 Å². The number of amides is 1. The monoisotopic (exact) mass is 482 g/mol. The molecule has 1 N–H and O–H groups in total. The van der Waals surface area contributed by atoms with Crippen molar-refractivity contribution in [2.75, 3.05) is 13.1 Å². The second kappa shape index (κ2) is 8.96. The van der Waals surface area contributed by atoms with Gasteiger partial charge in [0.05, 0.1) is 6.54 Å². The maximum atomic E-state index is 12.8. The minimum atomic E-state index is -0.313. The molecule has 33 heavy (non-hydrogen) atoms. The molecule has 1 fully saturated rings. The number of aromatic amines is 1. The highest BCUT2D eigenvalue weighted by Gasteiger charge is 2.27. The molecular weight excluding hydrogens is 463 g/mol. The van der Waals surface area contributed by atoms with Crippen molar-refractivity contribution in [2.45, 2.75) is 25.3 Å². The Balaban J connectivity index is 1.34. The molecule has 10 heteroatoms. The van der Waals surface area contributed by atoms with E-state index in [-0.39, 0.29) is 22.9 Å². The number of piperidine rings is 1. The van der Waals surface area contributed by atoms with E-state index in [0.717, 1.165) is 5.56 Å². The van der Waals surface area contributed by atoms with E-state index in [0.29, 0.717) is 59.6 Å². The molecule has 2 aromatic heterocycles. The highest BCUT2D eigenvalue weighted by atomic mass is 35.5. The van der Waals surface area contributed by atoms with Crippen LogP contribution in [0.4, 0.5) is 0 Å². The van der Waals surface area contributed by atoms with Crippen LogP contribution >= 0.6 is 23.2 Å². The van der Waals surface area contributed by atoms with Crippen molar-refractivity contribution in [3.63, 3.8) is 0 Å². The third kappa shape index (κ3) is 4.49. The summed E-state index contributed by atoms with van der Waals surface area (Å²) in [4.78, 5) is 34.8. The number of hydrogen-bond donors (Lipinski definition) is 1. The topological polar surface area (TPSA) is 96.8 Å². The summed E-state index contributed by atoms with van der Waals surface area (Å²) in [5, 5.41) is 9.36. The Labute approximate surface area is 199 Å². The standard InChI is InChI=1S/C23H20Cl2N6O2/c24-17-6-4-16(5-7-17)23(33)30-10-8-15(9-11-30)20-26-21-19(22(32)27-20)28-29-31(21)13-14-2-1-3-18(25)12-14/h1-7,12,15H,8-11,13H2,(H,26,27,32). The summed E-state index contributed by atoms with van der Waals surface area (Å²) < 4.78 is 1.61.